The summed E-state index contributed by atoms with van der Waals surface area (Å²) in [6.07, 6.45) is 0.378. The second kappa shape index (κ2) is 5.01. The van der Waals surface area contributed by atoms with Gasteiger partial charge in [0.25, 0.3) is 5.56 Å². The topological polar surface area (TPSA) is 54.9 Å². The second-order valence-corrected chi connectivity index (χ2v) is 4.53. The minimum Gasteiger partial charge on any atom is -0.297 e. The quantitative estimate of drug-likeness (QED) is 0.859. The Morgan fingerprint density at radius 1 is 1.37 bits per heavy atom. The van der Waals surface area contributed by atoms with E-state index in [1.807, 2.05) is 0 Å². The number of H-pyrrole nitrogens is 1. The molecule has 1 N–H and O–H groups in total. The third kappa shape index (κ3) is 2.33. The molecule has 0 atom stereocenters. The van der Waals surface area contributed by atoms with E-state index in [9.17, 15) is 14.0 Å². The van der Waals surface area contributed by atoms with E-state index in [0.717, 1.165) is 10.6 Å². The standard InChI is InChI=1S/C13H12ClFN2O2/c1-3-9-11(14)16-13(19)17(12(9)18)8-5-4-7(2)10(15)6-8/h4-6H,3H2,1-2H3,(H,16,19). The average molecular weight is 283 g/mol. The number of aryl methyl sites for hydroxylation is 1. The normalized spacial score (nSPS) is 10.7. The number of benzene rings is 1. The van der Waals surface area contributed by atoms with Gasteiger partial charge in [0.1, 0.15) is 11.0 Å². The van der Waals surface area contributed by atoms with Gasteiger partial charge in [0.2, 0.25) is 0 Å². The van der Waals surface area contributed by atoms with E-state index in [0.29, 0.717) is 17.5 Å². The van der Waals surface area contributed by atoms with Crippen LogP contribution in [0.1, 0.15) is 18.1 Å². The van der Waals surface area contributed by atoms with Crippen LogP contribution >= 0.6 is 11.6 Å². The Kier molecular flexibility index (Phi) is 3.57. The number of aromatic nitrogens is 2. The van der Waals surface area contributed by atoms with Gasteiger partial charge in [-0.1, -0.05) is 24.6 Å². The van der Waals surface area contributed by atoms with Crippen molar-refractivity contribution in [1.29, 1.82) is 0 Å². The Balaban J connectivity index is 2.79. The minimum atomic E-state index is -0.685. The Morgan fingerprint density at radius 2 is 2.05 bits per heavy atom. The summed E-state index contributed by atoms with van der Waals surface area (Å²) in [5.74, 6) is -0.475. The lowest BCUT2D eigenvalue weighted by atomic mass is 10.2. The third-order valence-corrected chi connectivity index (χ3v) is 3.24. The van der Waals surface area contributed by atoms with Gasteiger partial charge in [-0.05, 0) is 31.0 Å². The molecule has 1 aromatic carbocycles. The van der Waals surface area contributed by atoms with E-state index in [1.165, 1.54) is 12.1 Å². The predicted octanol–water partition coefficient (Wildman–Crippen LogP) is 2.19. The van der Waals surface area contributed by atoms with Crippen LogP contribution in [0.5, 0.6) is 0 Å². The monoisotopic (exact) mass is 282 g/mol. The zero-order chi connectivity index (χ0) is 14.2. The highest BCUT2D eigenvalue weighted by molar-refractivity contribution is 6.30. The van der Waals surface area contributed by atoms with Gasteiger partial charge >= 0.3 is 5.69 Å². The maximum Gasteiger partial charge on any atom is 0.334 e. The molecule has 1 aromatic heterocycles. The van der Waals surface area contributed by atoms with Crippen LogP contribution in [-0.4, -0.2) is 9.55 Å². The smallest absolute Gasteiger partial charge is 0.297 e. The molecule has 6 heteroatoms. The molecular weight excluding hydrogens is 271 g/mol. The summed E-state index contributed by atoms with van der Waals surface area (Å²) in [7, 11) is 0. The van der Waals surface area contributed by atoms with Gasteiger partial charge in [0.05, 0.1) is 11.3 Å². The van der Waals surface area contributed by atoms with Gasteiger partial charge in [0.15, 0.2) is 0 Å². The minimum absolute atomic E-state index is 0.0290. The number of halogens is 2. The zero-order valence-corrected chi connectivity index (χ0v) is 11.2. The predicted molar refractivity (Wildman–Crippen MR) is 71.7 cm³/mol. The molecule has 0 aliphatic heterocycles. The summed E-state index contributed by atoms with van der Waals surface area (Å²) in [4.78, 5) is 26.4. The number of hydrogen-bond donors (Lipinski definition) is 1. The lowest BCUT2D eigenvalue weighted by Gasteiger charge is -2.08. The van der Waals surface area contributed by atoms with Crippen molar-refractivity contribution in [3.63, 3.8) is 0 Å². The van der Waals surface area contributed by atoms with Gasteiger partial charge < -0.3 is 0 Å². The second-order valence-electron chi connectivity index (χ2n) is 4.15. The molecule has 0 amide bonds. The number of nitrogens with one attached hydrogen (secondary N) is 1. The fraction of sp³-hybridized carbons (Fsp3) is 0.231. The van der Waals surface area contributed by atoms with E-state index in [1.54, 1.807) is 13.8 Å². The highest BCUT2D eigenvalue weighted by atomic mass is 35.5. The summed E-state index contributed by atoms with van der Waals surface area (Å²) in [6, 6.07) is 4.18. The van der Waals surface area contributed by atoms with E-state index in [-0.39, 0.29) is 10.8 Å². The van der Waals surface area contributed by atoms with Gasteiger partial charge in [-0.15, -0.1) is 0 Å². The number of hydrogen-bond acceptors (Lipinski definition) is 2. The molecule has 0 saturated heterocycles. The molecule has 0 unspecified atom stereocenters. The fourth-order valence-electron chi connectivity index (χ4n) is 1.81. The van der Waals surface area contributed by atoms with Crippen LogP contribution in [0.2, 0.25) is 5.15 Å². The fourth-order valence-corrected chi connectivity index (χ4v) is 2.10. The van der Waals surface area contributed by atoms with Crippen LogP contribution in [0.4, 0.5) is 4.39 Å². The van der Waals surface area contributed by atoms with Crippen LogP contribution in [-0.2, 0) is 6.42 Å². The molecule has 0 aliphatic carbocycles. The molecule has 0 saturated carbocycles. The lowest BCUT2D eigenvalue weighted by Crippen LogP contribution is -2.36. The van der Waals surface area contributed by atoms with Crippen molar-refractivity contribution in [3.05, 3.63) is 61.1 Å². The summed E-state index contributed by atoms with van der Waals surface area (Å²) in [5.41, 5.74) is -0.296. The number of rotatable bonds is 2. The molecular formula is C13H12ClFN2O2. The molecule has 0 bridgehead atoms. The molecule has 0 aliphatic rings. The van der Waals surface area contributed by atoms with E-state index in [2.05, 4.69) is 4.98 Å². The summed E-state index contributed by atoms with van der Waals surface area (Å²) >= 11 is 5.81. The van der Waals surface area contributed by atoms with Crippen molar-refractivity contribution in [2.75, 3.05) is 0 Å². The Morgan fingerprint density at radius 3 is 2.63 bits per heavy atom. The van der Waals surface area contributed by atoms with Crippen molar-refractivity contribution in [2.24, 2.45) is 0 Å². The molecule has 4 nitrogen and oxygen atoms in total. The Labute approximate surface area is 113 Å². The van der Waals surface area contributed by atoms with Crippen LogP contribution in [0.3, 0.4) is 0 Å². The zero-order valence-electron chi connectivity index (χ0n) is 10.5. The maximum absolute atomic E-state index is 13.5. The first kappa shape index (κ1) is 13.5. The van der Waals surface area contributed by atoms with E-state index < -0.39 is 17.1 Å². The molecule has 19 heavy (non-hydrogen) atoms. The lowest BCUT2D eigenvalue weighted by molar-refractivity contribution is 0.616. The first-order valence-corrected chi connectivity index (χ1v) is 6.13. The summed E-state index contributed by atoms with van der Waals surface area (Å²) in [6.45, 7) is 3.35. The molecule has 0 radical (unpaired) electrons. The average Bonchev–Trinajstić information content (AvgIpc) is 2.33. The van der Waals surface area contributed by atoms with Crippen molar-refractivity contribution >= 4 is 11.6 Å². The van der Waals surface area contributed by atoms with Crippen molar-refractivity contribution in [3.8, 4) is 5.69 Å². The molecule has 0 spiro atoms. The van der Waals surface area contributed by atoms with Crippen LogP contribution in [0.25, 0.3) is 5.69 Å². The summed E-state index contributed by atoms with van der Waals surface area (Å²) < 4.78 is 14.4. The molecule has 1 heterocycles. The van der Waals surface area contributed by atoms with Crippen molar-refractivity contribution in [1.82, 2.24) is 9.55 Å². The van der Waals surface area contributed by atoms with Crippen molar-refractivity contribution in [2.45, 2.75) is 20.3 Å². The van der Waals surface area contributed by atoms with Crippen LogP contribution in [0.15, 0.2) is 27.8 Å². The SMILES string of the molecule is CCc1c(Cl)[nH]c(=O)n(-c2ccc(C)c(F)c2)c1=O. The number of aromatic amines is 1. The van der Waals surface area contributed by atoms with E-state index in [4.69, 9.17) is 11.6 Å². The first-order valence-electron chi connectivity index (χ1n) is 5.76. The van der Waals surface area contributed by atoms with Gasteiger partial charge in [-0.25, -0.2) is 13.8 Å². The van der Waals surface area contributed by atoms with E-state index >= 15 is 0 Å². The van der Waals surface area contributed by atoms with Crippen LogP contribution < -0.4 is 11.2 Å². The first-order chi connectivity index (χ1) is 8.95. The molecule has 0 fully saturated rings. The third-order valence-electron chi connectivity index (χ3n) is 2.91. The molecule has 2 aromatic rings. The Hall–Kier alpha value is -1.88. The highest BCUT2D eigenvalue weighted by Gasteiger charge is 2.13. The summed E-state index contributed by atoms with van der Waals surface area (Å²) in [5, 5.41) is 0.0290. The largest absolute Gasteiger partial charge is 0.334 e. The van der Waals surface area contributed by atoms with Gasteiger partial charge in [-0.2, -0.15) is 0 Å². The Bertz CT molecular complexity index is 749. The maximum atomic E-state index is 13.5. The molecule has 100 valence electrons. The number of nitrogens with zero attached hydrogens (tertiary/aromatic N) is 1. The molecule has 2 rings (SSSR count). The van der Waals surface area contributed by atoms with Crippen LogP contribution in [0, 0.1) is 12.7 Å². The van der Waals surface area contributed by atoms with Gasteiger partial charge in [-0.3, -0.25) is 9.78 Å². The van der Waals surface area contributed by atoms with Gasteiger partial charge in [0, 0.05) is 0 Å². The highest BCUT2D eigenvalue weighted by Crippen LogP contribution is 2.12. The van der Waals surface area contributed by atoms with Crippen molar-refractivity contribution < 1.29 is 4.39 Å².